The van der Waals surface area contributed by atoms with Gasteiger partial charge in [-0.2, -0.15) is 0 Å². The molecule has 1 saturated heterocycles. The van der Waals surface area contributed by atoms with E-state index in [0.29, 0.717) is 24.5 Å². The van der Waals surface area contributed by atoms with E-state index in [1.54, 1.807) is 6.20 Å². The number of nitrogens with zero attached hydrogens (tertiary/aromatic N) is 2. The van der Waals surface area contributed by atoms with Gasteiger partial charge in [-0.15, -0.1) is 0 Å². The zero-order valence-corrected chi connectivity index (χ0v) is 13.1. The topological polar surface area (TPSA) is 91.8 Å². The van der Waals surface area contributed by atoms with Gasteiger partial charge >= 0.3 is 6.09 Å². The number of fused-ring (bicyclic) bond motifs is 1. The predicted octanol–water partition coefficient (Wildman–Crippen LogP) is 1.30. The van der Waals surface area contributed by atoms with Crippen molar-refractivity contribution in [1.29, 1.82) is 0 Å². The SMILES string of the molecule is CC(=O)NC[C@H]1CN(c2cnc3c(c2)CCCC[C@H]3O)C(=O)O1. The molecule has 3 rings (SSSR count). The number of ether oxygens (including phenoxy) is 1. The molecule has 1 fully saturated rings. The van der Waals surface area contributed by atoms with Gasteiger partial charge in [-0.25, -0.2) is 4.79 Å². The lowest BCUT2D eigenvalue weighted by Gasteiger charge is -2.16. The quantitative estimate of drug-likeness (QED) is 0.820. The fraction of sp³-hybridized carbons (Fsp3) is 0.562. The van der Waals surface area contributed by atoms with Crippen molar-refractivity contribution in [3.63, 3.8) is 0 Å². The molecule has 7 heteroatoms. The summed E-state index contributed by atoms with van der Waals surface area (Å²) in [6.07, 6.45) is 3.83. The fourth-order valence-corrected chi connectivity index (χ4v) is 3.04. The van der Waals surface area contributed by atoms with E-state index in [4.69, 9.17) is 4.74 Å². The van der Waals surface area contributed by atoms with E-state index in [1.807, 2.05) is 6.07 Å². The lowest BCUT2D eigenvalue weighted by molar-refractivity contribution is -0.119. The summed E-state index contributed by atoms with van der Waals surface area (Å²) in [5, 5.41) is 12.8. The number of hydrogen-bond acceptors (Lipinski definition) is 5. The van der Waals surface area contributed by atoms with Crippen LogP contribution in [-0.2, 0) is 16.0 Å². The molecule has 2 N–H and O–H groups in total. The number of aryl methyl sites for hydroxylation is 1. The first-order valence-electron chi connectivity index (χ1n) is 7.94. The molecule has 124 valence electrons. The number of aliphatic hydroxyl groups excluding tert-OH is 1. The van der Waals surface area contributed by atoms with E-state index in [2.05, 4.69) is 10.3 Å². The van der Waals surface area contributed by atoms with Gasteiger partial charge in [-0.1, -0.05) is 6.42 Å². The average Bonchev–Trinajstić information content (AvgIpc) is 2.79. The molecule has 23 heavy (non-hydrogen) atoms. The summed E-state index contributed by atoms with van der Waals surface area (Å²) in [5.41, 5.74) is 2.38. The van der Waals surface area contributed by atoms with Crippen LogP contribution in [0.4, 0.5) is 10.5 Å². The van der Waals surface area contributed by atoms with Crippen LogP contribution in [0, 0.1) is 0 Å². The molecule has 2 aliphatic rings. The van der Waals surface area contributed by atoms with Crippen LogP contribution in [0.2, 0.25) is 0 Å². The lowest BCUT2D eigenvalue weighted by atomic mass is 10.1. The Morgan fingerprint density at radius 3 is 3.13 bits per heavy atom. The summed E-state index contributed by atoms with van der Waals surface area (Å²) >= 11 is 0. The van der Waals surface area contributed by atoms with Crippen molar-refractivity contribution in [3.8, 4) is 0 Å². The van der Waals surface area contributed by atoms with Gasteiger partial charge < -0.3 is 15.2 Å². The molecule has 0 radical (unpaired) electrons. The number of carbonyl (C=O) groups excluding carboxylic acids is 2. The number of pyridine rings is 1. The summed E-state index contributed by atoms with van der Waals surface area (Å²) in [6.45, 7) is 2.10. The third kappa shape index (κ3) is 3.44. The predicted molar refractivity (Wildman–Crippen MR) is 83.1 cm³/mol. The third-order valence-corrected chi connectivity index (χ3v) is 4.24. The smallest absolute Gasteiger partial charge is 0.414 e. The van der Waals surface area contributed by atoms with Crippen LogP contribution in [0.15, 0.2) is 12.3 Å². The van der Waals surface area contributed by atoms with Gasteiger partial charge in [0.2, 0.25) is 5.91 Å². The van der Waals surface area contributed by atoms with Crippen LogP contribution in [0.5, 0.6) is 0 Å². The van der Waals surface area contributed by atoms with E-state index in [9.17, 15) is 14.7 Å². The molecule has 0 spiro atoms. The van der Waals surface area contributed by atoms with E-state index < -0.39 is 12.2 Å². The monoisotopic (exact) mass is 319 g/mol. The molecule has 1 aliphatic heterocycles. The first kappa shape index (κ1) is 15.7. The second kappa shape index (κ2) is 6.54. The van der Waals surface area contributed by atoms with Crippen LogP contribution in [-0.4, -0.2) is 41.3 Å². The molecule has 0 bridgehead atoms. The molecule has 0 unspecified atom stereocenters. The molecular weight excluding hydrogens is 298 g/mol. The Kier molecular flexibility index (Phi) is 4.47. The minimum Gasteiger partial charge on any atom is -0.442 e. The van der Waals surface area contributed by atoms with Crippen molar-refractivity contribution >= 4 is 17.7 Å². The minimum absolute atomic E-state index is 0.153. The Morgan fingerprint density at radius 1 is 1.52 bits per heavy atom. The number of amides is 2. The minimum atomic E-state index is -0.528. The Bertz CT molecular complexity index is 619. The number of anilines is 1. The molecule has 0 aromatic carbocycles. The maximum absolute atomic E-state index is 12.0. The van der Waals surface area contributed by atoms with Gasteiger partial charge in [-0.05, 0) is 30.9 Å². The zero-order chi connectivity index (χ0) is 16.4. The molecule has 7 nitrogen and oxygen atoms in total. The van der Waals surface area contributed by atoms with Crippen LogP contribution in [0.3, 0.4) is 0 Å². The number of nitrogens with one attached hydrogen (secondary N) is 1. The lowest BCUT2D eigenvalue weighted by Crippen LogP contribution is -2.33. The Hall–Kier alpha value is -2.15. The standard InChI is InChI=1S/C16H21N3O4/c1-10(20)17-8-13-9-19(16(22)23-13)12-6-11-4-2-3-5-14(21)15(11)18-7-12/h6-7,13-14,21H,2-5,8-9H2,1H3,(H,17,20)/t13-,14+/m0/s1. The molecular formula is C16H21N3O4. The van der Waals surface area contributed by atoms with Crippen molar-refractivity contribution in [3.05, 3.63) is 23.5 Å². The number of aromatic nitrogens is 1. The number of rotatable bonds is 3. The van der Waals surface area contributed by atoms with E-state index in [1.165, 1.54) is 11.8 Å². The fourth-order valence-electron chi connectivity index (χ4n) is 3.04. The highest BCUT2D eigenvalue weighted by molar-refractivity contribution is 5.89. The first-order valence-corrected chi connectivity index (χ1v) is 7.94. The highest BCUT2D eigenvalue weighted by Crippen LogP contribution is 2.30. The number of aliphatic hydroxyl groups is 1. The maximum Gasteiger partial charge on any atom is 0.414 e. The second-order valence-corrected chi connectivity index (χ2v) is 6.05. The van der Waals surface area contributed by atoms with Gasteiger partial charge in [0.15, 0.2) is 0 Å². The molecule has 2 atom stereocenters. The van der Waals surface area contributed by atoms with Crippen LogP contribution >= 0.6 is 0 Å². The first-order chi connectivity index (χ1) is 11.0. The van der Waals surface area contributed by atoms with Crippen molar-refractivity contribution in [1.82, 2.24) is 10.3 Å². The Morgan fingerprint density at radius 2 is 2.35 bits per heavy atom. The molecule has 1 aliphatic carbocycles. The Balaban J connectivity index is 1.75. The molecule has 1 aromatic heterocycles. The number of cyclic esters (lactones) is 1. The number of hydrogen-bond donors (Lipinski definition) is 2. The van der Waals surface area contributed by atoms with E-state index in [-0.39, 0.29) is 12.0 Å². The van der Waals surface area contributed by atoms with Gasteiger partial charge in [0, 0.05) is 6.92 Å². The summed E-state index contributed by atoms with van der Waals surface area (Å²) in [6, 6.07) is 1.92. The molecule has 2 heterocycles. The molecule has 1 aromatic rings. The third-order valence-electron chi connectivity index (χ3n) is 4.24. The maximum atomic E-state index is 12.0. The van der Waals surface area contributed by atoms with Crippen molar-refractivity contribution < 1.29 is 19.4 Å². The van der Waals surface area contributed by atoms with Gasteiger partial charge in [-0.3, -0.25) is 14.7 Å². The molecule has 0 saturated carbocycles. The Labute approximate surface area is 134 Å². The van der Waals surface area contributed by atoms with E-state index >= 15 is 0 Å². The van der Waals surface area contributed by atoms with Crippen molar-refractivity contribution in [2.75, 3.05) is 18.0 Å². The van der Waals surface area contributed by atoms with Crippen molar-refractivity contribution in [2.45, 2.75) is 44.8 Å². The summed E-state index contributed by atoms with van der Waals surface area (Å²) in [4.78, 5) is 28.9. The summed E-state index contributed by atoms with van der Waals surface area (Å²) in [7, 11) is 0. The van der Waals surface area contributed by atoms with Crippen LogP contribution < -0.4 is 10.2 Å². The van der Waals surface area contributed by atoms with Crippen LogP contribution in [0.1, 0.15) is 43.5 Å². The van der Waals surface area contributed by atoms with Gasteiger partial charge in [0.25, 0.3) is 0 Å². The van der Waals surface area contributed by atoms with E-state index in [0.717, 1.165) is 31.2 Å². The highest BCUT2D eigenvalue weighted by atomic mass is 16.6. The van der Waals surface area contributed by atoms with Crippen LogP contribution in [0.25, 0.3) is 0 Å². The van der Waals surface area contributed by atoms with Crippen molar-refractivity contribution in [2.24, 2.45) is 0 Å². The second-order valence-electron chi connectivity index (χ2n) is 6.05. The molecule has 2 amide bonds. The highest BCUT2D eigenvalue weighted by Gasteiger charge is 2.33. The number of carbonyl (C=O) groups is 2. The average molecular weight is 319 g/mol. The van der Waals surface area contributed by atoms with Gasteiger partial charge in [0.05, 0.1) is 36.8 Å². The largest absolute Gasteiger partial charge is 0.442 e. The van der Waals surface area contributed by atoms with Gasteiger partial charge in [0.1, 0.15) is 6.10 Å². The summed E-state index contributed by atoms with van der Waals surface area (Å²) in [5.74, 6) is -0.153. The summed E-state index contributed by atoms with van der Waals surface area (Å²) < 4.78 is 5.26. The normalized spacial score (nSPS) is 23.9. The zero-order valence-electron chi connectivity index (χ0n) is 13.1.